The maximum atomic E-state index is 11.0. The number of ether oxygens (including phenoxy) is 1. The van der Waals surface area contributed by atoms with E-state index in [0.717, 1.165) is 17.7 Å². The zero-order valence-corrected chi connectivity index (χ0v) is 10.00. The number of furan rings is 1. The van der Waals surface area contributed by atoms with Crippen molar-refractivity contribution in [3.63, 3.8) is 0 Å². The molecule has 0 spiro atoms. The van der Waals surface area contributed by atoms with Crippen molar-refractivity contribution in [1.29, 1.82) is 0 Å². The molecule has 0 amide bonds. The Bertz CT molecular complexity index is 629. The number of carboxylic acids is 1. The van der Waals surface area contributed by atoms with E-state index in [1.165, 1.54) is 12.3 Å². The van der Waals surface area contributed by atoms with Crippen molar-refractivity contribution >= 4 is 5.97 Å². The summed E-state index contributed by atoms with van der Waals surface area (Å²) in [6.45, 7) is 0.635. The van der Waals surface area contributed by atoms with Crippen LogP contribution in [0.1, 0.15) is 33.3 Å². The highest BCUT2D eigenvalue weighted by Gasteiger charge is 2.23. The van der Waals surface area contributed by atoms with Crippen LogP contribution >= 0.6 is 0 Å². The molecule has 3 rings (SSSR count). The summed E-state index contributed by atoms with van der Waals surface area (Å²) in [5.74, 6) is -0.257. The zero-order chi connectivity index (χ0) is 13.4. The van der Waals surface area contributed by atoms with Crippen LogP contribution < -0.4 is 4.74 Å². The quantitative estimate of drug-likeness (QED) is 0.882. The molecule has 0 bridgehead atoms. The summed E-state index contributed by atoms with van der Waals surface area (Å²) in [6.07, 6.45) is 0.963. The SMILES string of the molecule is O=C(O)c1ccoc1C(O)c1ccc2c(c1)CCO2. The van der Waals surface area contributed by atoms with Gasteiger partial charge in [-0.05, 0) is 29.3 Å². The van der Waals surface area contributed by atoms with Gasteiger partial charge in [-0.1, -0.05) is 6.07 Å². The number of carbonyl (C=O) groups is 1. The number of hydrogen-bond donors (Lipinski definition) is 2. The number of carboxylic acid groups (broad SMARTS) is 1. The van der Waals surface area contributed by atoms with E-state index >= 15 is 0 Å². The minimum absolute atomic E-state index is 0.0238. The van der Waals surface area contributed by atoms with Gasteiger partial charge < -0.3 is 19.4 Å². The molecular formula is C14H12O5. The number of aromatic carboxylic acids is 1. The van der Waals surface area contributed by atoms with Crippen molar-refractivity contribution in [2.45, 2.75) is 12.5 Å². The van der Waals surface area contributed by atoms with Crippen LogP contribution in [0.3, 0.4) is 0 Å². The fourth-order valence-corrected chi connectivity index (χ4v) is 2.24. The molecule has 0 saturated heterocycles. The molecule has 19 heavy (non-hydrogen) atoms. The monoisotopic (exact) mass is 260 g/mol. The summed E-state index contributed by atoms with van der Waals surface area (Å²) in [7, 11) is 0. The molecule has 0 radical (unpaired) electrons. The van der Waals surface area contributed by atoms with Crippen molar-refractivity contribution in [3.05, 3.63) is 53.0 Å². The van der Waals surface area contributed by atoms with Gasteiger partial charge in [-0.15, -0.1) is 0 Å². The molecule has 1 aliphatic heterocycles. The molecule has 2 aromatic rings. The van der Waals surface area contributed by atoms with Gasteiger partial charge in [0.05, 0.1) is 12.9 Å². The van der Waals surface area contributed by atoms with Crippen LogP contribution in [0.15, 0.2) is 34.9 Å². The van der Waals surface area contributed by atoms with E-state index in [0.29, 0.717) is 12.2 Å². The molecule has 0 fully saturated rings. The highest BCUT2D eigenvalue weighted by atomic mass is 16.5. The molecular weight excluding hydrogens is 248 g/mol. The van der Waals surface area contributed by atoms with Crippen LogP contribution in [0, 0.1) is 0 Å². The van der Waals surface area contributed by atoms with Crippen LogP contribution in [0.5, 0.6) is 5.75 Å². The predicted octanol–water partition coefficient (Wildman–Crippen LogP) is 1.99. The van der Waals surface area contributed by atoms with E-state index in [2.05, 4.69) is 0 Å². The van der Waals surface area contributed by atoms with Crippen LogP contribution in [0.2, 0.25) is 0 Å². The van der Waals surface area contributed by atoms with Gasteiger partial charge in [-0.25, -0.2) is 4.79 Å². The molecule has 2 heterocycles. The van der Waals surface area contributed by atoms with Crippen molar-refractivity contribution in [3.8, 4) is 5.75 Å². The number of aliphatic hydroxyl groups excluding tert-OH is 1. The molecule has 5 heteroatoms. The Morgan fingerprint density at radius 1 is 1.32 bits per heavy atom. The van der Waals surface area contributed by atoms with Crippen molar-refractivity contribution in [1.82, 2.24) is 0 Å². The van der Waals surface area contributed by atoms with Crippen LogP contribution in [-0.2, 0) is 6.42 Å². The van der Waals surface area contributed by atoms with Gasteiger partial charge in [0, 0.05) is 6.42 Å². The lowest BCUT2D eigenvalue weighted by Gasteiger charge is -2.10. The first-order valence-electron chi connectivity index (χ1n) is 5.91. The molecule has 0 saturated carbocycles. The molecule has 2 N–H and O–H groups in total. The third-order valence-electron chi connectivity index (χ3n) is 3.20. The fourth-order valence-electron chi connectivity index (χ4n) is 2.24. The van der Waals surface area contributed by atoms with E-state index in [-0.39, 0.29) is 11.3 Å². The average Bonchev–Trinajstić information content (AvgIpc) is 3.05. The van der Waals surface area contributed by atoms with Crippen LogP contribution in [0.25, 0.3) is 0 Å². The lowest BCUT2D eigenvalue weighted by Crippen LogP contribution is -2.05. The van der Waals surface area contributed by atoms with Crippen molar-refractivity contribution < 1.29 is 24.2 Å². The third-order valence-corrected chi connectivity index (χ3v) is 3.20. The Hall–Kier alpha value is -2.27. The van der Waals surface area contributed by atoms with Gasteiger partial charge in [-0.2, -0.15) is 0 Å². The van der Waals surface area contributed by atoms with Gasteiger partial charge in [-0.3, -0.25) is 0 Å². The van der Waals surface area contributed by atoms with Crippen LogP contribution in [-0.4, -0.2) is 22.8 Å². The number of rotatable bonds is 3. The standard InChI is InChI=1S/C14H12O5/c15-12(13-10(14(16)17)4-6-19-13)9-1-2-11-8(7-9)3-5-18-11/h1-2,4,6-7,12,15H,3,5H2,(H,16,17). The van der Waals surface area contributed by atoms with Crippen molar-refractivity contribution in [2.24, 2.45) is 0 Å². The molecule has 1 atom stereocenters. The Balaban J connectivity index is 1.97. The molecule has 1 unspecified atom stereocenters. The lowest BCUT2D eigenvalue weighted by molar-refractivity contribution is 0.0687. The van der Waals surface area contributed by atoms with Crippen LogP contribution in [0.4, 0.5) is 0 Å². The summed E-state index contributed by atoms with van der Waals surface area (Å²) in [4.78, 5) is 11.0. The number of aliphatic hydroxyl groups is 1. The second-order valence-corrected chi connectivity index (χ2v) is 4.37. The summed E-state index contributed by atoms with van der Waals surface area (Å²) in [5, 5.41) is 19.3. The molecule has 1 aromatic heterocycles. The highest BCUT2D eigenvalue weighted by molar-refractivity contribution is 5.88. The molecule has 5 nitrogen and oxygen atoms in total. The largest absolute Gasteiger partial charge is 0.493 e. The molecule has 98 valence electrons. The zero-order valence-electron chi connectivity index (χ0n) is 10.00. The lowest BCUT2D eigenvalue weighted by atomic mass is 10.0. The summed E-state index contributed by atoms with van der Waals surface area (Å²) in [6, 6.07) is 6.64. The smallest absolute Gasteiger partial charge is 0.339 e. The number of fused-ring (bicyclic) bond motifs is 1. The maximum Gasteiger partial charge on any atom is 0.339 e. The summed E-state index contributed by atoms with van der Waals surface area (Å²) < 4.78 is 10.5. The van der Waals surface area contributed by atoms with Crippen molar-refractivity contribution in [2.75, 3.05) is 6.61 Å². The first-order chi connectivity index (χ1) is 9.16. The van der Waals surface area contributed by atoms with E-state index < -0.39 is 12.1 Å². The van der Waals surface area contributed by atoms with Gasteiger partial charge in [0.15, 0.2) is 5.76 Å². The Morgan fingerprint density at radius 2 is 2.16 bits per heavy atom. The van der Waals surface area contributed by atoms with E-state index in [1.807, 2.05) is 6.07 Å². The number of benzene rings is 1. The third kappa shape index (κ3) is 1.98. The molecule has 1 aliphatic rings. The summed E-state index contributed by atoms with van der Waals surface area (Å²) >= 11 is 0. The van der Waals surface area contributed by atoms with E-state index in [4.69, 9.17) is 14.3 Å². The predicted molar refractivity (Wildman–Crippen MR) is 65.4 cm³/mol. The highest BCUT2D eigenvalue weighted by Crippen LogP contribution is 2.31. The molecule has 1 aromatic carbocycles. The Morgan fingerprint density at radius 3 is 2.95 bits per heavy atom. The number of hydrogen-bond acceptors (Lipinski definition) is 4. The Kier molecular flexibility index (Phi) is 2.76. The van der Waals surface area contributed by atoms with E-state index in [1.54, 1.807) is 12.1 Å². The minimum Gasteiger partial charge on any atom is -0.493 e. The topological polar surface area (TPSA) is 79.9 Å². The van der Waals surface area contributed by atoms with Gasteiger partial charge in [0.2, 0.25) is 0 Å². The second-order valence-electron chi connectivity index (χ2n) is 4.37. The first kappa shape index (κ1) is 11.8. The van der Waals surface area contributed by atoms with Gasteiger partial charge in [0.1, 0.15) is 17.4 Å². The minimum atomic E-state index is -1.12. The second kappa shape index (κ2) is 4.44. The Labute approximate surface area is 109 Å². The fraction of sp³-hybridized carbons (Fsp3) is 0.214. The maximum absolute atomic E-state index is 11.0. The van der Waals surface area contributed by atoms with Gasteiger partial charge >= 0.3 is 5.97 Å². The average molecular weight is 260 g/mol. The van der Waals surface area contributed by atoms with Gasteiger partial charge in [0.25, 0.3) is 0 Å². The normalized spacial score (nSPS) is 14.8. The van der Waals surface area contributed by atoms with E-state index in [9.17, 15) is 9.90 Å². The first-order valence-corrected chi connectivity index (χ1v) is 5.91. The molecule has 0 aliphatic carbocycles. The summed E-state index contributed by atoms with van der Waals surface area (Å²) in [5.41, 5.74) is 1.59.